The zero-order valence-corrected chi connectivity index (χ0v) is 24.9. The monoisotopic (exact) mass is 696 g/mol. The molecule has 6 aromatic rings. The second-order valence-electron chi connectivity index (χ2n) is 9.45. The summed E-state index contributed by atoms with van der Waals surface area (Å²) in [5, 5.41) is 22.5. The average molecular weight is 697 g/mol. The Hall–Kier alpha value is -3.37. The number of para-hydroxylation sites is 1. The Morgan fingerprint density at radius 2 is 1.21 bits per heavy atom. The number of carbonyl (C=O) groups is 2. The van der Waals surface area contributed by atoms with Crippen LogP contribution in [0.2, 0.25) is 0 Å². The summed E-state index contributed by atoms with van der Waals surface area (Å²) >= 11 is 5.80. The van der Waals surface area contributed by atoms with Crippen LogP contribution in [0.25, 0.3) is 43.6 Å². The Kier molecular flexibility index (Phi) is 7.95. The minimum Gasteiger partial charge on any atom is -0.481 e. The van der Waals surface area contributed by atoms with Crippen molar-refractivity contribution in [1.82, 2.24) is 9.13 Å². The molecule has 0 amide bonds. The van der Waals surface area contributed by atoms with Crippen molar-refractivity contribution < 1.29 is 19.8 Å². The van der Waals surface area contributed by atoms with E-state index in [1.807, 2.05) is 30.3 Å². The van der Waals surface area contributed by atoms with E-state index >= 15 is 0 Å². The molecule has 198 valence electrons. The van der Waals surface area contributed by atoms with Crippen molar-refractivity contribution >= 4 is 94.1 Å². The minimum atomic E-state index is -0.774. The molecule has 0 saturated carbocycles. The molecule has 2 heterocycles. The van der Waals surface area contributed by atoms with Gasteiger partial charge in [-0.25, -0.2) is 0 Å². The van der Waals surface area contributed by atoms with E-state index in [0.717, 1.165) is 31.9 Å². The van der Waals surface area contributed by atoms with E-state index in [2.05, 4.69) is 103 Å². The van der Waals surface area contributed by atoms with Gasteiger partial charge in [0.2, 0.25) is 0 Å². The molecule has 0 aliphatic heterocycles. The Balaban J connectivity index is 0.000000158. The van der Waals surface area contributed by atoms with E-state index in [9.17, 15) is 9.59 Å². The number of aryl methyl sites for hydroxylation is 3. The summed E-state index contributed by atoms with van der Waals surface area (Å²) in [4.78, 5) is 21.7. The number of benzene rings is 4. The third kappa shape index (κ3) is 5.67. The van der Waals surface area contributed by atoms with Crippen molar-refractivity contribution in [3.8, 4) is 0 Å². The highest BCUT2D eigenvalue weighted by atomic mass is 127. The Labute approximate surface area is 247 Å². The van der Waals surface area contributed by atoms with Crippen LogP contribution < -0.4 is 0 Å². The topological polar surface area (TPSA) is 84.5 Å². The molecule has 0 aliphatic rings. The van der Waals surface area contributed by atoms with Gasteiger partial charge in [-0.3, -0.25) is 9.59 Å². The van der Waals surface area contributed by atoms with E-state index in [-0.39, 0.29) is 12.8 Å². The number of hydrogen-bond acceptors (Lipinski definition) is 2. The molecule has 0 spiro atoms. The van der Waals surface area contributed by atoms with E-state index in [1.165, 1.54) is 25.3 Å². The standard InChI is InChI=1S/C16H14BrNO2.C15H12INO2/c1-10-2-4-14-12(8-10)13-9-11(17)3-5-15(13)18(14)7-6-16(19)20;16-10-5-6-14-12(9-10)11-3-1-2-4-13(11)17(14)8-7-15(18)19/h2-5,8-9H,6-7H2,1H3,(H,19,20);1-6,9H,7-8H2,(H,18,19). The molecule has 0 bridgehead atoms. The number of nitrogens with zero attached hydrogens (tertiary/aromatic N) is 2. The first-order valence-corrected chi connectivity index (χ1v) is 14.4. The van der Waals surface area contributed by atoms with Crippen molar-refractivity contribution in [2.24, 2.45) is 0 Å². The molecular weight excluding hydrogens is 671 g/mol. The van der Waals surface area contributed by atoms with E-state index in [1.54, 1.807) is 0 Å². The third-order valence-corrected chi connectivity index (χ3v) is 7.98. The molecule has 0 atom stereocenters. The fourth-order valence-corrected chi connectivity index (χ4v) is 5.96. The Bertz CT molecular complexity index is 1810. The highest BCUT2D eigenvalue weighted by Crippen LogP contribution is 2.32. The molecule has 8 heteroatoms. The first kappa shape index (κ1) is 27.2. The number of aliphatic carboxylic acids is 2. The fraction of sp³-hybridized carbons (Fsp3) is 0.161. The van der Waals surface area contributed by atoms with Gasteiger partial charge in [0.15, 0.2) is 0 Å². The van der Waals surface area contributed by atoms with E-state index < -0.39 is 11.9 Å². The maximum Gasteiger partial charge on any atom is 0.305 e. The summed E-state index contributed by atoms with van der Waals surface area (Å²) in [7, 11) is 0. The SMILES string of the molecule is Cc1ccc2c(c1)c1cc(Br)ccc1n2CCC(=O)O.O=C(O)CCn1c2ccccc2c2cc(I)ccc21. The summed E-state index contributed by atoms with van der Waals surface area (Å²) in [6, 6.07) is 26.8. The number of aromatic nitrogens is 2. The predicted octanol–water partition coefficient (Wildman–Crippen LogP) is 8.21. The van der Waals surface area contributed by atoms with Crippen LogP contribution in [0, 0.1) is 10.5 Å². The summed E-state index contributed by atoms with van der Waals surface area (Å²) in [6.07, 6.45) is 0.266. The van der Waals surface area contributed by atoms with Crippen LogP contribution in [-0.4, -0.2) is 31.3 Å². The molecule has 6 rings (SSSR count). The van der Waals surface area contributed by atoms with Gasteiger partial charge in [-0.05, 0) is 84.1 Å². The normalized spacial score (nSPS) is 11.3. The average Bonchev–Trinajstić information content (AvgIpc) is 3.37. The van der Waals surface area contributed by atoms with E-state index in [0.29, 0.717) is 13.1 Å². The van der Waals surface area contributed by atoms with Crippen LogP contribution in [0.4, 0.5) is 0 Å². The van der Waals surface area contributed by atoms with Crippen LogP contribution in [0.1, 0.15) is 18.4 Å². The highest BCUT2D eigenvalue weighted by Gasteiger charge is 2.13. The molecule has 2 N–H and O–H groups in total. The molecule has 4 aromatic carbocycles. The number of carboxylic acids is 2. The summed E-state index contributed by atoms with van der Waals surface area (Å²) in [5.41, 5.74) is 5.57. The van der Waals surface area contributed by atoms with Gasteiger partial charge in [-0.15, -0.1) is 0 Å². The van der Waals surface area contributed by atoms with Crippen molar-refractivity contribution in [3.63, 3.8) is 0 Å². The largest absolute Gasteiger partial charge is 0.481 e. The van der Waals surface area contributed by atoms with Gasteiger partial charge in [-0.1, -0.05) is 45.8 Å². The smallest absolute Gasteiger partial charge is 0.305 e. The van der Waals surface area contributed by atoms with Crippen molar-refractivity contribution in [2.75, 3.05) is 0 Å². The number of rotatable bonds is 6. The molecule has 0 fully saturated rings. The van der Waals surface area contributed by atoms with Crippen LogP contribution in [-0.2, 0) is 22.7 Å². The molecule has 6 nitrogen and oxygen atoms in total. The quantitative estimate of drug-likeness (QED) is 0.172. The van der Waals surface area contributed by atoms with Crippen molar-refractivity contribution in [3.05, 3.63) is 92.5 Å². The third-order valence-electron chi connectivity index (χ3n) is 6.82. The van der Waals surface area contributed by atoms with Crippen LogP contribution in [0.5, 0.6) is 0 Å². The first-order valence-electron chi connectivity index (χ1n) is 12.5. The van der Waals surface area contributed by atoms with Gasteiger partial charge in [0.25, 0.3) is 0 Å². The van der Waals surface area contributed by atoms with Crippen molar-refractivity contribution in [2.45, 2.75) is 32.9 Å². The minimum absolute atomic E-state index is 0.128. The molecule has 2 aromatic heterocycles. The summed E-state index contributed by atoms with van der Waals surface area (Å²) in [5.74, 6) is -1.54. The lowest BCUT2D eigenvalue weighted by Crippen LogP contribution is -2.04. The summed E-state index contributed by atoms with van der Waals surface area (Å²) < 4.78 is 6.40. The Morgan fingerprint density at radius 3 is 1.85 bits per heavy atom. The van der Waals surface area contributed by atoms with Gasteiger partial charge in [0.1, 0.15) is 0 Å². The molecule has 39 heavy (non-hydrogen) atoms. The zero-order chi connectivity index (χ0) is 27.7. The fourth-order valence-electron chi connectivity index (χ4n) is 5.11. The maximum atomic E-state index is 10.9. The van der Waals surface area contributed by atoms with Gasteiger partial charge in [-0.2, -0.15) is 0 Å². The predicted molar refractivity (Wildman–Crippen MR) is 169 cm³/mol. The number of carboxylic acid groups (broad SMARTS) is 2. The van der Waals surface area contributed by atoms with Gasteiger partial charge in [0.05, 0.1) is 12.8 Å². The molecule has 0 saturated heterocycles. The van der Waals surface area contributed by atoms with Crippen molar-refractivity contribution in [1.29, 1.82) is 0 Å². The first-order chi connectivity index (χ1) is 18.7. The second-order valence-corrected chi connectivity index (χ2v) is 11.6. The number of hydrogen-bond donors (Lipinski definition) is 2. The highest BCUT2D eigenvalue weighted by molar-refractivity contribution is 14.1. The number of fused-ring (bicyclic) bond motifs is 6. The van der Waals surface area contributed by atoms with Gasteiger partial charge >= 0.3 is 11.9 Å². The second kappa shape index (κ2) is 11.4. The van der Waals surface area contributed by atoms with E-state index in [4.69, 9.17) is 10.2 Å². The molecule has 0 unspecified atom stereocenters. The Morgan fingerprint density at radius 1 is 0.692 bits per heavy atom. The van der Waals surface area contributed by atoms with Crippen LogP contribution in [0.3, 0.4) is 0 Å². The van der Waals surface area contributed by atoms with Gasteiger partial charge < -0.3 is 19.3 Å². The number of halogens is 2. The van der Waals surface area contributed by atoms with Gasteiger partial charge in [0, 0.05) is 64.7 Å². The molecule has 0 radical (unpaired) electrons. The lowest BCUT2D eigenvalue weighted by Gasteiger charge is -2.05. The molecule has 0 aliphatic carbocycles. The zero-order valence-electron chi connectivity index (χ0n) is 21.2. The lowest BCUT2D eigenvalue weighted by atomic mass is 10.1. The molecular formula is C31H26BrIN2O4. The maximum absolute atomic E-state index is 10.9. The lowest BCUT2D eigenvalue weighted by molar-refractivity contribution is -0.138. The summed E-state index contributed by atoms with van der Waals surface area (Å²) in [6.45, 7) is 3.05. The van der Waals surface area contributed by atoms with Crippen LogP contribution >= 0.6 is 38.5 Å². The van der Waals surface area contributed by atoms with Crippen LogP contribution in [0.15, 0.2) is 83.3 Å².